The van der Waals surface area contributed by atoms with Crippen molar-refractivity contribution in [2.75, 3.05) is 18.0 Å². The molecule has 0 saturated carbocycles. The highest BCUT2D eigenvalue weighted by molar-refractivity contribution is 7.12. The lowest BCUT2D eigenvalue weighted by atomic mass is 10.0. The van der Waals surface area contributed by atoms with E-state index in [4.69, 9.17) is 0 Å². The van der Waals surface area contributed by atoms with Crippen LogP contribution in [0.5, 0.6) is 0 Å². The van der Waals surface area contributed by atoms with Gasteiger partial charge in [-0.15, -0.1) is 11.3 Å². The molecule has 1 aliphatic rings. The predicted octanol–water partition coefficient (Wildman–Crippen LogP) is 2.13. The fraction of sp³-hybridized carbons (Fsp3) is 0.412. The molecule has 0 radical (unpaired) electrons. The maximum absolute atomic E-state index is 12.2. The summed E-state index contributed by atoms with van der Waals surface area (Å²) in [6, 6.07) is 3.97. The van der Waals surface area contributed by atoms with Crippen LogP contribution in [-0.4, -0.2) is 44.8 Å². The van der Waals surface area contributed by atoms with Crippen LogP contribution in [0.15, 0.2) is 23.7 Å². The fourth-order valence-electron chi connectivity index (χ4n) is 3.25. The zero-order chi connectivity index (χ0) is 17.4. The minimum Gasteiger partial charge on any atom is -0.356 e. The highest BCUT2D eigenvalue weighted by atomic mass is 32.1. The maximum atomic E-state index is 12.2. The molecule has 0 aromatic carbocycles. The van der Waals surface area contributed by atoms with Crippen LogP contribution in [-0.2, 0) is 7.05 Å². The highest BCUT2D eigenvalue weighted by Crippen LogP contribution is 2.26. The van der Waals surface area contributed by atoms with Crippen LogP contribution in [0.1, 0.15) is 28.3 Å². The number of aryl methyl sites for hydroxylation is 2. The lowest BCUT2D eigenvalue weighted by Gasteiger charge is -2.33. The smallest absolute Gasteiger partial charge is 0.261 e. The Balaban J connectivity index is 1.46. The molecule has 0 unspecified atom stereocenters. The molecule has 4 rings (SSSR count). The van der Waals surface area contributed by atoms with Crippen LogP contribution in [0.4, 0.5) is 5.82 Å². The van der Waals surface area contributed by atoms with Gasteiger partial charge in [0.05, 0.1) is 16.5 Å². The molecule has 130 valence electrons. The first-order chi connectivity index (χ1) is 12.1. The van der Waals surface area contributed by atoms with Crippen molar-refractivity contribution in [3.63, 3.8) is 0 Å². The summed E-state index contributed by atoms with van der Waals surface area (Å²) in [5.41, 5.74) is 0.857. The van der Waals surface area contributed by atoms with Crippen molar-refractivity contribution in [1.82, 2.24) is 25.1 Å². The number of rotatable bonds is 3. The topological polar surface area (TPSA) is 75.9 Å². The number of nitrogens with zero attached hydrogens (tertiary/aromatic N) is 5. The second-order valence-electron chi connectivity index (χ2n) is 6.31. The van der Waals surface area contributed by atoms with Gasteiger partial charge < -0.3 is 10.2 Å². The molecule has 1 fully saturated rings. The summed E-state index contributed by atoms with van der Waals surface area (Å²) in [5, 5.41) is 10.4. The summed E-state index contributed by atoms with van der Waals surface area (Å²) in [7, 11) is 1.89. The molecule has 0 bridgehead atoms. The number of amides is 1. The largest absolute Gasteiger partial charge is 0.356 e. The molecule has 3 aromatic heterocycles. The summed E-state index contributed by atoms with van der Waals surface area (Å²) in [6.45, 7) is 3.62. The molecule has 1 saturated heterocycles. The Labute approximate surface area is 149 Å². The first-order valence-corrected chi connectivity index (χ1v) is 9.25. The number of fused-ring (bicyclic) bond motifs is 1. The number of hydrogen-bond donors (Lipinski definition) is 1. The van der Waals surface area contributed by atoms with E-state index in [9.17, 15) is 4.79 Å². The van der Waals surface area contributed by atoms with Gasteiger partial charge in [-0.3, -0.25) is 9.48 Å². The summed E-state index contributed by atoms with van der Waals surface area (Å²) >= 11 is 1.47. The quantitative estimate of drug-likeness (QED) is 0.778. The van der Waals surface area contributed by atoms with Crippen molar-refractivity contribution in [3.8, 4) is 0 Å². The number of piperidine rings is 1. The Morgan fingerprint density at radius 2 is 2.12 bits per heavy atom. The summed E-state index contributed by atoms with van der Waals surface area (Å²) in [6.07, 6.45) is 3.64. The van der Waals surface area contributed by atoms with E-state index >= 15 is 0 Å². The maximum Gasteiger partial charge on any atom is 0.261 e. The monoisotopic (exact) mass is 356 g/mol. The SMILES string of the molecule is Cc1nc(N2CCC(NC(=O)c3cccs3)CC2)c2cnn(C)c2n1. The zero-order valence-electron chi connectivity index (χ0n) is 14.3. The van der Waals surface area contributed by atoms with Gasteiger partial charge in [-0.1, -0.05) is 6.07 Å². The van der Waals surface area contributed by atoms with Crippen LogP contribution in [0.2, 0.25) is 0 Å². The Kier molecular flexibility index (Phi) is 4.12. The number of hydrogen-bond acceptors (Lipinski definition) is 6. The average Bonchev–Trinajstić information content (AvgIpc) is 3.26. The summed E-state index contributed by atoms with van der Waals surface area (Å²) < 4.78 is 1.78. The number of aromatic nitrogens is 4. The van der Waals surface area contributed by atoms with Gasteiger partial charge in [0.25, 0.3) is 5.91 Å². The van der Waals surface area contributed by atoms with Gasteiger partial charge in [-0.25, -0.2) is 9.97 Å². The first kappa shape index (κ1) is 16.0. The van der Waals surface area contributed by atoms with Gasteiger partial charge in [0.2, 0.25) is 0 Å². The average molecular weight is 356 g/mol. The third-order valence-electron chi connectivity index (χ3n) is 4.56. The first-order valence-electron chi connectivity index (χ1n) is 8.37. The fourth-order valence-corrected chi connectivity index (χ4v) is 3.88. The normalized spacial score (nSPS) is 15.7. The molecule has 8 heteroatoms. The molecule has 1 amide bonds. The van der Waals surface area contributed by atoms with Gasteiger partial charge in [0, 0.05) is 26.2 Å². The van der Waals surface area contributed by atoms with Crippen molar-refractivity contribution < 1.29 is 4.79 Å². The van der Waals surface area contributed by atoms with Crippen molar-refractivity contribution in [1.29, 1.82) is 0 Å². The highest BCUT2D eigenvalue weighted by Gasteiger charge is 2.24. The minimum atomic E-state index is 0.0287. The van der Waals surface area contributed by atoms with Gasteiger partial charge in [-0.05, 0) is 31.2 Å². The van der Waals surface area contributed by atoms with Crippen LogP contribution in [0, 0.1) is 6.92 Å². The zero-order valence-corrected chi connectivity index (χ0v) is 15.1. The Morgan fingerprint density at radius 1 is 1.32 bits per heavy atom. The van der Waals surface area contributed by atoms with E-state index < -0.39 is 0 Å². The molecule has 3 aromatic rings. The van der Waals surface area contributed by atoms with Gasteiger partial charge in [0.1, 0.15) is 11.6 Å². The molecule has 1 N–H and O–H groups in total. The molecule has 1 aliphatic heterocycles. The standard InChI is InChI=1S/C17H20N6OS/c1-11-19-15-13(10-18-22(15)2)16(20-11)23-7-5-12(6-8-23)21-17(24)14-4-3-9-25-14/h3-4,9-10,12H,5-8H2,1-2H3,(H,21,24). The Hall–Kier alpha value is -2.48. The van der Waals surface area contributed by atoms with Crippen LogP contribution in [0.3, 0.4) is 0 Å². The number of carbonyl (C=O) groups is 1. The van der Waals surface area contributed by atoms with Crippen molar-refractivity contribution in [2.45, 2.75) is 25.8 Å². The molecule has 0 aliphatic carbocycles. The van der Waals surface area contributed by atoms with Crippen LogP contribution < -0.4 is 10.2 Å². The van der Waals surface area contributed by atoms with E-state index in [1.165, 1.54) is 11.3 Å². The number of nitrogens with one attached hydrogen (secondary N) is 1. The lowest BCUT2D eigenvalue weighted by Crippen LogP contribution is -2.44. The molecular formula is C17H20N6OS. The molecule has 25 heavy (non-hydrogen) atoms. The minimum absolute atomic E-state index is 0.0287. The summed E-state index contributed by atoms with van der Waals surface area (Å²) in [4.78, 5) is 24.4. The predicted molar refractivity (Wildman–Crippen MR) is 98.1 cm³/mol. The summed E-state index contributed by atoms with van der Waals surface area (Å²) in [5.74, 6) is 1.72. The second kappa shape index (κ2) is 6.44. The number of thiophene rings is 1. The van der Waals surface area contributed by atoms with Gasteiger partial charge in [-0.2, -0.15) is 5.10 Å². The molecule has 7 nitrogen and oxygen atoms in total. The Bertz CT molecular complexity index is 895. The number of carbonyl (C=O) groups excluding carboxylic acids is 1. The Morgan fingerprint density at radius 3 is 2.84 bits per heavy atom. The van der Waals surface area contributed by atoms with E-state index in [1.54, 1.807) is 4.68 Å². The third kappa shape index (κ3) is 3.09. The van der Waals surface area contributed by atoms with Gasteiger partial charge >= 0.3 is 0 Å². The second-order valence-corrected chi connectivity index (χ2v) is 7.26. The molecule has 4 heterocycles. The third-order valence-corrected chi connectivity index (χ3v) is 5.43. The molecule has 0 spiro atoms. The van der Waals surface area contributed by atoms with E-state index in [0.717, 1.165) is 53.5 Å². The van der Waals surface area contributed by atoms with Crippen molar-refractivity contribution >= 4 is 34.1 Å². The number of anilines is 1. The molecular weight excluding hydrogens is 336 g/mol. The van der Waals surface area contributed by atoms with E-state index in [2.05, 4.69) is 25.3 Å². The van der Waals surface area contributed by atoms with Crippen molar-refractivity contribution in [3.05, 3.63) is 34.4 Å². The van der Waals surface area contributed by atoms with Gasteiger partial charge in [0.15, 0.2) is 5.65 Å². The van der Waals surface area contributed by atoms with Crippen LogP contribution in [0.25, 0.3) is 11.0 Å². The van der Waals surface area contributed by atoms with Crippen molar-refractivity contribution in [2.24, 2.45) is 7.05 Å². The van der Waals surface area contributed by atoms with Crippen LogP contribution >= 0.6 is 11.3 Å². The van der Waals surface area contributed by atoms with E-state index in [1.807, 2.05) is 37.7 Å². The van der Waals surface area contributed by atoms with E-state index in [0.29, 0.717) is 0 Å². The van der Waals surface area contributed by atoms with E-state index in [-0.39, 0.29) is 11.9 Å². The lowest BCUT2D eigenvalue weighted by molar-refractivity contribution is 0.0935. The molecule has 0 atom stereocenters.